The van der Waals surface area contributed by atoms with Crippen LogP contribution in [0.4, 0.5) is 0 Å². The van der Waals surface area contributed by atoms with E-state index >= 15 is 0 Å². The molecule has 2 heterocycles. The maximum atomic E-state index is 4.71. The highest BCUT2D eigenvalue weighted by molar-refractivity contribution is 7.11. The largest absolute Gasteiger partial charge is 0.311 e. The van der Waals surface area contributed by atoms with Crippen LogP contribution in [0.1, 0.15) is 36.3 Å². The fourth-order valence-corrected chi connectivity index (χ4v) is 3.13. The summed E-state index contributed by atoms with van der Waals surface area (Å²) in [5.74, 6) is 0. The summed E-state index contributed by atoms with van der Waals surface area (Å²) >= 11 is 1.88. The molecular formula is C12H21N3S. The van der Waals surface area contributed by atoms with Gasteiger partial charge in [0.1, 0.15) is 5.01 Å². The maximum absolute atomic E-state index is 4.71. The number of nitrogens with zero attached hydrogens (tertiary/aromatic N) is 2. The molecule has 0 saturated carbocycles. The Morgan fingerprint density at radius 3 is 3.00 bits per heavy atom. The van der Waals surface area contributed by atoms with Gasteiger partial charge in [0.15, 0.2) is 0 Å². The van der Waals surface area contributed by atoms with Crippen LogP contribution in [-0.4, -0.2) is 29.0 Å². The fraction of sp³-hybridized carbons (Fsp3) is 0.750. The number of thiazole rings is 1. The van der Waals surface area contributed by atoms with Crippen LogP contribution in [0.2, 0.25) is 0 Å². The average Bonchev–Trinajstić information content (AvgIpc) is 2.67. The maximum Gasteiger partial charge on any atom is 0.107 e. The Morgan fingerprint density at radius 1 is 1.50 bits per heavy atom. The van der Waals surface area contributed by atoms with E-state index in [2.05, 4.69) is 31.0 Å². The van der Waals surface area contributed by atoms with Crippen LogP contribution >= 0.6 is 11.3 Å². The third kappa shape index (κ3) is 2.62. The molecule has 0 unspecified atom stereocenters. The summed E-state index contributed by atoms with van der Waals surface area (Å²) in [6, 6.07) is 0.646. The first-order valence-corrected chi connectivity index (χ1v) is 6.94. The highest BCUT2D eigenvalue weighted by atomic mass is 32.1. The molecule has 2 rings (SSSR count). The van der Waals surface area contributed by atoms with Gasteiger partial charge in [-0.05, 0) is 20.4 Å². The molecule has 1 aliphatic rings. The van der Waals surface area contributed by atoms with Crippen molar-refractivity contribution >= 4 is 11.3 Å². The lowest BCUT2D eigenvalue weighted by Crippen LogP contribution is -2.35. The van der Waals surface area contributed by atoms with E-state index in [9.17, 15) is 0 Å². The molecule has 0 radical (unpaired) electrons. The lowest BCUT2D eigenvalue weighted by Gasteiger charge is -2.29. The first-order chi connectivity index (χ1) is 7.70. The topological polar surface area (TPSA) is 28.2 Å². The number of rotatable bonds is 4. The number of aromatic nitrogens is 1. The minimum atomic E-state index is 0.646. The molecule has 3 nitrogen and oxygen atoms in total. The van der Waals surface area contributed by atoms with Crippen molar-refractivity contribution in [3.8, 4) is 0 Å². The van der Waals surface area contributed by atoms with Gasteiger partial charge in [-0.25, -0.2) is 4.98 Å². The Morgan fingerprint density at radius 2 is 2.31 bits per heavy atom. The predicted octanol–water partition coefficient (Wildman–Crippen LogP) is 2.02. The first kappa shape index (κ1) is 12.0. The summed E-state index contributed by atoms with van der Waals surface area (Å²) in [5.41, 5.74) is 1.34. The molecule has 0 spiro atoms. The van der Waals surface area contributed by atoms with E-state index in [1.165, 1.54) is 15.6 Å². The lowest BCUT2D eigenvalue weighted by molar-refractivity contribution is 0.205. The van der Waals surface area contributed by atoms with Gasteiger partial charge in [-0.2, -0.15) is 0 Å². The quantitative estimate of drug-likeness (QED) is 0.871. The summed E-state index contributed by atoms with van der Waals surface area (Å²) in [6.07, 6.45) is 1.12. The van der Waals surface area contributed by atoms with Crippen LogP contribution in [0, 0.1) is 0 Å². The summed E-state index contributed by atoms with van der Waals surface area (Å²) < 4.78 is 0. The Labute approximate surface area is 102 Å². The highest BCUT2D eigenvalue weighted by Crippen LogP contribution is 2.26. The monoisotopic (exact) mass is 239 g/mol. The van der Waals surface area contributed by atoms with Gasteiger partial charge in [-0.15, -0.1) is 11.3 Å². The summed E-state index contributed by atoms with van der Waals surface area (Å²) in [4.78, 5) is 8.72. The molecule has 0 fully saturated rings. The van der Waals surface area contributed by atoms with Gasteiger partial charge in [0.2, 0.25) is 0 Å². The zero-order valence-corrected chi connectivity index (χ0v) is 11.2. The van der Waals surface area contributed by atoms with Crippen molar-refractivity contribution in [2.75, 3.05) is 13.1 Å². The zero-order chi connectivity index (χ0) is 11.5. The van der Waals surface area contributed by atoms with Crippen LogP contribution in [0.3, 0.4) is 0 Å². The molecule has 0 amide bonds. The zero-order valence-electron chi connectivity index (χ0n) is 10.4. The van der Waals surface area contributed by atoms with E-state index in [0.717, 1.165) is 32.6 Å². The van der Waals surface area contributed by atoms with Crippen molar-refractivity contribution in [3.05, 3.63) is 15.6 Å². The van der Waals surface area contributed by atoms with Gasteiger partial charge < -0.3 is 5.32 Å². The Balaban J connectivity index is 2.04. The Bertz CT molecular complexity index is 346. The second kappa shape index (κ2) is 5.25. The molecule has 1 N–H and O–H groups in total. The molecule has 1 aromatic rings. The molecule has 0 saturated heterocycles. The molecule has 0 aromatic carbocycles. The third-order valence-corrected chi connectivity index (χ3v) is 4.14. The molecule has 4 heteroatoms. The minimum Gasteiger partial charge on any atom is -0.311 e. The van der Waals surface area contributed by atoms with Crippen LogP contribution in [-0.2, 0) is 19.5 Å². The number of fused-ring (bicyclic) bond motifs is 1. The Kier molecular flexibility index (Phi) is 3.95. The smallest absolute Gasteiger partial charge is 0.107 e. The predicted molar refractivity (Wildman–Crippen MR) is 68.7 cm³/mol. The van der Waals surface area contributed by atoms with Crippen LogP contribution in [0.25, 0.3) is 0 Å². The van der Waals surface area contributed by atoms with Gasteiger partial charge in [0, 0.05) is 37.0 Å². The first-order valence-electron chi connectivity index (χ1n) is 6.13. The van der Waals surface area contributed by atoms with Crippen LogP contribution in [0.15, 0.2) is 0 Å². The summed E-state index contributed by atoms with van der Waals surface area (Å²) in [5, 5.41) is 4.59. The normalized spacial score (nSPS) is 16.8. The highest BCUT2D eigenvalue weighted by Gasteiger charge is 2.21. The van der Waals surface area contributed by atoms with E-state index < -0.39 is 0 Å². The van der Waals surface area contributed by atoms with Crippen molar-refractivity contribution in [3.63, 3.8) is 0 Å². The second-order valence-electron chi connectivity index (χ2n) is 4.57. The third-order valence-electron chi connectivity index (χ3n) is 3.06. The molecule has 90 valence electrons. The molecule has 0 aliphatic carbocycles. The number of hydrogen-bond donors (Lipinski definition) is 1. The molecule has 0 bridgehead atoms. The van der Waals surface area contributed by atoms with Gasteiger partial charge in [-0.3, -0.25) is 4.90 Å². The number of nitrogens with one attached hydrogen (secondary N) is 1. The summed E-state index contributed by atoms with van der Waals surface area (Å²) in [6.45, 7) is 10.9. The minimum absolute atomic E-state index is 0.646. The van der Waals surface area contributed by atoms with Gasteiger partial charge >= 0.3 is 0 Å². The van der Waals surface area contributed by atoms with Crippen molar-refractivity contribution < 1.29 is 0 Å². The van der Waals surface area contributed by atoms with Crippen molar-refractivity contribution in [1.29, 1.82) is 0 Å². The van der Waals surface area contributed by atoms with Crippen molar-refractivity contribution in [1.82, 2.24) is 15.2 Å². The van der Waals surface area contributed by atoms with Crippen molar-refractivity contribution in [2.45, 2.75) is 46.3 Å². The summed E-state index contributed by atoms with van der Waals surface area (Å²) in [7, 11) is 0. The van der Waals surface area contributed by atoms with Gasteiger partial charge in [0.05, 0.1) is 5.69 Å². The van der Waals surface area contributed by atoms with Gasteiger partial charge in [0.25, 0.3) is 0 Å². The van der Waals surface area contributed by atoms with E-state index in [1.54, 1.807) is 0 Å². The van der Waals surface area contributed by atoms with E-state index in [-0.39, 0.29) is 0 Å². The average molecular weight is 239 g/mol. The lowest BCUT2D eigenvalue weighted by atomic mass is 10.1. The molecular weight excluding hydrogens is 218 g/mol. The van der Waals surface area contributed by atoms with Crippen LogP contribution < -0.4 is 5.32 Å². The molecule has 1 aliphatic heterocycles. The van der Waals surface area contributed by atoms with E-state index in [0.29, 0.717) is 6.04 Å². The van der Waals surface area contributed by atoms with E-state index in [4.69, 9.17) is 4.98 Å². The second-order valence-corrected chi connectivity index (χ2v) is 5.74. The molecule has 16 heavy (non-hydrogen) atoms. The number of hydrogen-bond acceptors (Lipinski definition) is 4. The standard InChI is InChI=1S/C12H21N3S/c1-4-13-7-12-14-10-5-6-15(9(2)3)8-11(10)16-12/h9,13H,4-8H2,1-3H3. The molecule has 1 aromatic heterocycles. The Hall–Kier alpha value is -0.450. The van der Waals surface area contributed by atoms with Crippen LogP contribution in [0.5, 0.6) is 0 Å². The van der Waals surface area contributed by atoms with E-state index in [1.807, 2.05) is 11.3 Å². The van der Waals surface area contributed by atoms with Gasteiger partial charge in [-0.1, -0.05) is 6.92 Å². The molecule has 0 atom stereocenters. The SMILES string of the molecule is CCNCc1nc2c(s1)CN(C(C)C)CC2. The van der Waals surface area contributed by atoms with Crippen molar-refractivity contribution in [2.24, 2.45) is 0 Å². The fourth-order valence-electron chi connectivity index (χ4n) is 2.02.